The number of carboxylic acids is 1. The van der Waals surface area contributed by atoms with E-state index in [-0.39, 0.29) is 9.64 Å². The highest BCUT2D eigenvalue weighted by molar-refractivity contribution is 8.01. The highest BCUT2D eigenvalue weighted by Gasteiger charge is 2.53. The lowest BCUT2D eigenvalue weighted by molar-refractivity contribution is -0.192. The molecule has 4 rings (SSSR count). The Morgan fingerprint density at radius 2 is 1.97 bits per heavy atom. The van der Waals surface area contributed by atoms with Crippen LogP contribution in [-0.4, -0.2) is 71.3 Å². The molecule has 12 heteroatoms. The van der Waals surface area contributed by atoms with Crippen molar-refractivity contribution in [2.24, 2.45) is 5.92 Å². The van der Waals surface area contributed by atoms with Crippen molar-refractivity contribution in [1.82, 2.24) is 9.29 Å². The fraction of sp³-hybridized carbons (Fsp3) is 0.684. The number of pyridine rings is 1. The van der Waals surface area contributed by atoms with E-state index in [2.05, 4.69) is 4.98 Å². The van der Waals surface area contributed by atoms with Crippen molar-refractivity contribution >= 4 is 27.8 Å². The number of nitrogens with zero attached hydrogens (tertiary/aromatic N) is 2. The van der Waals surface area contributed by atoms with Gasteiger partial charge in [-0.25, -0.2) is 13.2 Å². The van der Waals surface area contributed by atoms with Gasteiger partial charge in [-0.05, 0) is 37.3 Å². The number of aromatic nitrogens is 1. The third-order valence-corrected chi connectivity index (χ3v) is 9.01. The Labute approximate surface area is 183 Å². The summed E-state index contributed by atoms with van der Waals surface area (Å²) in [5, 5.41) is 7.12. The van der Waals surface area contributed by atoms with Gasteiger partial charge in [0.15, 0.2) is 0 Å². The van der Waals surface area contributed by atoms with Gasteiger partial charge in [0.05, 0.1) is 6.10 Å². The van der Waals surface area contributed by atoms with E-state index in [9.17, 15) is 21.6 Å². The molecule has 1 N–H and O–H groups in total. The van der Waals surface area contributed by atoms with Crippen LogP contribution < -0.4 is 0 Å². The summed E-state index contributed by atoms with van der Waals surface area (Å²) in [6.07, 6.45) is 4.51. The Hall–Kier alpha value is -1.37. The third kappa shape index (κ3) is 6.11. The molecular weight excluding hydrogens is 457 g/mol. The number of rotatable bonds is 5. The molecule has 1 saturated carbocycles. The van der Waals surface area contributed by atoms with Crippen molar-refractivity contribution in [2.45, 2.75) is 54.0 Å². The molecule has 1 aromatic heterocycles. The maximum absolute atomic E-state index is 12.6. The molecule has 1 aliphatic carbocycles. The Bertz CT molecular complexity index is 855. The summed E-state index contributed by atoms with van der Waals surface area (Å²) in [6.45, 7) is 2.08. The fourth-order valence-corrected chi connectivity index (χ4v) is 7.29. The predicted molar refractivity (Wildman–Crippen MR) is 108 cm³/mol. The minimum Gasteiger partial charge on any atom is -0.475 e. The third-order valence-electron chi connectivity index (χ3n) is 5.66. The molecule has 3 aliphatic rings. The zero-order valence-electron chi connectivity index (χ0n) is 16.8. The van der Waals surface area contributed by atoms with Crippen LogP contribution in [0.5, 0.6) is 0 Å². The van der Waals surface area contributed by atoms with Crippen LogP contribution in [0.1, 0.15) is 32.1 Å². The first kappa shape index (κ1) is 24.3. The number of halogens is 3. The molecule has 1 atom stereocenters. The number of hydrogen-bond acceptors (Lipinski definition) is 6. The molecule has 7 nitrogen and oxygen atoms in total. The topological polar surface area (TPSA) is 96.8 Å². The molecule has 3 heterocycles. The zero-order valence-corrected chi connectivity index (χ0v) is 18.4. The molecule has 2 aliphatic heterocycles. The summed E-state index contributed by atoms with van der Waals surface area (Å²) in [6, 6.07) is 3.28. The summed E-state index contributed by atoms with van der Waals surface area (Å²) >= 11 is 1.89. The molecule has 0 radical (unpaired) electrons. The minimum absolute atomic E-state index is 0.0651. The lowest BCUT2D eigenvalue weighted by Crippen LogP contribution is -2.60. The Morgan fingerprint density at radius 1 is 1.32 bits per heavy atom. The van der Waals surface area contributed by atoms with Crippen molar-refractivity contribution in [3.8, 4) is 0 Å². The molecular formula is C19H25F3N2O5S2. The highest BCUT2D eigenvalue weighted by Crippen LogP contribution is 2.47. The van der Waals surface area contributed by atoms with Crippen molar-refractivity contribution in [1.29, 1.82) is 0 Å². The Morgan fingerprint density at radius 3 is 2.52 bits per heavy atom. The van der Waals surface area contributed by atoms with Gasteiger partial charge in [0.25, 0.3) is 0 Å². The van der Waals surface area contributed by atoms with Crippen LogP contribution in [0.2, 0.25) is 0 Å². The van der Waals surface area contributed by atoms with Crippen molar-refractivity contribution in [3.63, 3.8) is 0 Å². The molecule has 0 bridgehead atoms. The van der Waals surface area contributed by atoms with Crippen LogP contribution in [0, 0.1) is 5.92 Å². The fourth-order valence-electron chi connectivity index (χ4n) is 3.99. The first-order valence-electron chi connectivity index (χ1n) is 9.98. The van der Waals surface area contributed by atoms with Gasteiger partial charge in [-0.15, -0.1) is 11.8 Å². The number of sulfonamides is 1. The van der Waals surface area contributed by atoms with Crippen molar-refractivity contribution < 1.29 is 36.2 Å². The number of carboxylic acid groups (broad SMARTS) is 1. The predicted octanol–water partition coefficient (Wildman–Crippen LogP) is 3.17. The van der Waals surface area contributed by atoms with Gasteiger partial charge in [-0.3, -0.25) is 4.98 Å². The average molecular weight is 483 g/mol. The second-order valence-corrected chi connectivity index (χ2v) is 11.5. The maximum Gasteiger partial charge on any atom is 0.490 e. The molecule has 2 saturated heterocycles. The molecule has 31 heavy (non-hydrogen) atoms. The first-order valence-corrected chi connectivity index (χ1v) is 12.4. The molecule has 0 aromatic carbocycles. The summed E-state index contributed by atoms with van der Waals surface area (Å²) in [5.74, 6) is -1.02. The number of carbonyl (C=O) groups is 1. The van der Waals surface area contributed by atoms with Crippen LogP contribution in [0.3, 0.4) is 0 Å². The van der Waals surface area contributed by atoms with Gasteiger partial charge >= 0.3 is 12.1 Å². The summed E-state index contributed by atoms with van der Waals surface area (Å²) in [4.78, 5) is 13.1. The number of aliphatic carboxylic acids is 1. The standard InChI is InChI=1S/C17H24N2O3S2.C2HF3O2/c20-24(21,16-6-3-7-18-9-16)19-12-17(13-19)8-15(11-23-17)22-10-14-4-1-2-5-14;3-2(4,5)1(6)7/h3,6-7,9,14-15H,1-2,4-5,8,10-13H2;(H,6,7). The van der Waals surface area contributed by atoms with Crippen LogP contribution in [0.15, 0.2) is 29.4 Å². The van der Waals surface area contributed by atoms with Crippen LogP contribution in [0.4, 0.5) is 13.2 Å². The van der Waals surface area contributed by atoms with E-state index in [0.717, 1.165) is 24.7 Å². The van der Waals surface area contributed by atoms with Gasteiger partial charge in [0.1, 0.15) is 4.90 Å². The van der Waals surface area contributed by atoms with E-state index in [4.69, 9.17) is 14.6 Å². The van der Waals surface area contributed by atoms with Crippen LogP contribution in [0.25, 0.3) is 0 Å². The van der Waals surface area contributed by atoms with E-state index in [1.54, 1.807) is 22.6 Å². The lowest BCUT2D eigenvalue weighted by Gasteiger charge is -2.46. The quantitative estimate of drug-likeness (QED) is 0.689. The monoisotopic (exact) mass is 482 g/mol. The van der Waals surface area contributed by atoms with E-state index in [0.29, 0.717) is 19.2 Å². The molecule has 1 unspecified atom stereocenters. The van der Waals surface area contributed by atoms with Crippen molar-refractivity contribution in [3.05, 3.63) is 24.5 Å². The number of ether oxygens (including phenoxy) is 1. The summed E-state index contributed by atoms with van der Waals surface area (Å²) < 4.78 is 64.7. The molecule has 1 spiro atoms. The second kappa shape index (κ2) is 9.63. The maximum atomic E-state index is 12.6. The van der Waals surface area contributed by atoms with Gasteiger partial charge in [0.2, 0.25) is 10.0 Å². The molecule has 1 aromatic rings. The van der Waals surface area contributed by atoms with E-state index in [1.807, 2.05) is 11.8 Å². The lowest BCUT2D eigenvalue weighted by atomic mass is 9.95. The second-order valence-electron chi connectivity index (χ2n) is 8.07. The van der Waals surface area contributed by atoms with Gasteiger partial charge in [0, 0.05) is 42.6 Å². The number of thioether (sulfide) groups is 1. The van der Waals surface area contributed by atoms with Crippen LogP contribution >= 0.6 is 11.8 Å². The normalized spacial score (nSPS) is 23.9. The van der Waals surface area contributed by atoms with E-state index >= 15 is 0 Å². The summed E-state index contributed by atoms with van der Waals surface area (Å²) in [7, 11) is -3.39. The van der Waals surface area contributed by atoms with E-state index < -0.39 is 22.2 Å². The largest absolute Gasteiger partial charge is 0.490 e. The SMILES string of the molecule is O=C(O)C(F)(F)F.O=S(=O)(c1cccnc1)N1CC2(CC(OCC3CCCC3)CS2)C1. The number of alkyl halides is 3. The number of hydrogen-bond donors (Lipinski definition) is 1. The molecule has 0 amide bonds. The Balaban J connectivity index is 0.000000339. The molecule has 174 valence electrons. The Kier molecular flexibility index (Phi) is 7.54. The minimum atomic E-state index is -5.08. The van der Waals surface area contributed by atoms with Crippen LogP contribution in [-0.2, 0) is 19.6 Å². The smallest absolute Gasteiger partial charge is 0.475 e. The van der Waals surface area contributed by atoms with Gasteiger partial charge < -0.3 is 9.84 Å². The average Bonchev–Trinajstić information content (AvgIpc) is 3.35. The molecule has 3 fully saturated rings. The summed E-state index contributed by atoms with van der Waals surface area (Å²) in [5.41, 5.74) is 0. The van der Waals surface area contributed by atoms with Gasteiger partial charge in [-0.1, -0.05) is 12.8 Å². The zero-order chi connectivity index (χ0) is 22.7. The van der Waals surface area contributed by atoms with Gasteiger partial charge in [-0.2, -0.15) is 17.5 Å². The highest BCUT2D eigenvalue weighted by atomic mass is 32.2. The van der Waals surface area contributed by atoms with Crippen molar-refractivity contribution in [2.75, 3.05) is 25.4 Å². The first-order chi connectivity index (χ1) is 14.5. The van der Waals surface area contributed by atoms with E-state index in [1.165, 1.54) is 31.9 Å².